The first-order chi connectivity index (χ1) is 23.8. The number of anilines is 1. The zero-order valence-electron chi connectivity index (χ0n) is 32.5. The molecule has 0 aliphatic rings. The Morgan fingerprint density at radius 2 is 1.58 bits per heavy atom. The predicted molar refractivity (Wildman–Crippen MR) is 199 cm³/mol. The number of para-hydroxylation sites is 2. The van der Waals surface area contributed by atoms with Gasteiger partial charge in [-0.1, -0.05) is 73.6 Å². The van der Waals surface area contributed by atoms with E-state index in [1.807, 2.05) is 40.7 Å². The lowest BCUT2D eigenvalue weighted by molar-refractivity contribution is 0.115. The SMILES string of the molecule is [2H]N(c1nc(-c2nccc(C)n2)nc(OCC(C)C)c1Oc1ccccc1OC(C)C)S(=O)(=O)c1ccc(C(CC)(C(C)C)C(C)(C)C)c(C)c1. The van der Waals surface area contributed by atoms with E-state index in [-0.39, 0.29) is 75.1 Å². The summed E-state index contributed by atoms with van der Waals surface area (Å²) in [6.07, 6.45) is 2.25. The lowest BCUT2D eigenvalue weighted by Crippen LogP contribution is -2.44. The topological polar surface area (TPSA) is 125 Å². The van der Waals surface area contributed by atoms with E-state index < -0.39 is 10.0 Å². The third-order valence-corrected chi connectivity index (χ3v) is 10.1. The Balaban J connectivity index is 1.97. The molecule has 270 valence electrons. The summed E-state index contributed by atoms with van der Waals surface area (Å²) in [5, 5.41) is 0. The van der Waals surface area contributed by atoms with Crippen LogP contribution in [0.15, 0.2) is 59.6 Å². The van der Waals surface area contributed by atoms with Crippen LogP contribution in [0.3, 0.4) is 0 Å². The van der Waals surface area contributed by atoms with Gasteiger partial charge in [-0.15, -0.1) is 0 Å². The van der Waals surface area contributed by atoms with Crippen LogP contribution in [0.1, 0.15) is 92.5 Å². The standard InChI is InChI=1S/C39H53N5O5S/c1-13-39(25(4)5,38(10,11)12)30-19-18-29(22-27(30)8)50(45,46)44-34-33(49-32-17-15-14-16-31(32)48-26(6)7)37(47-23-24(2)3)43-36(42-34)35-40-21-20-28(9)41-35/h14-22,24-26H,13,23H2,1-12H3,(H,42,43,44)/i/hD. The summed E-state index contributed by atoms with van der Waals surface area (Å²) in [5.41, 5.74) is 2.24. The van der Waals surface area contributed by atoms with Gasteiger partial charge in [-0.25, -0.2) is 23.4 Å². The fourth-order valence-electron chi connectivity index (χ4n) is 6.74. The Hall–Kier alpha value is -4.25. The fourth-order valence-corrected chi connectivity index (χ4v) is 7.76. The highest BCUT2D eigenvalue weighted by molar-refractivity contribution is 7.92. The van der Waals surface area contributed by atoms with Crippen molar-refractivity contribution < 1.29 is 24.0 Å². The second-order valence-corrected chi connectivity index (χ2v) is 16.3. The summed E-state index contributed by atoms with van der Waals surface area (Å²) in [6, 6.07) is 13.8. The van der Waals surface area contributed by atoms with Crippen LogP contribution in [0.25, 0.3) is 11.6 Å². The van der Waals surface area contributed by atoms with Crippen LogP contribution in [-0.4, -0.2) is 41.1 Å². The normalized spacial score (nSPS) is 13.7. The zero-order valence-corrected chi connectivity index (χ0v) is 32.3. The Morgan fingerprint density at radius 1 is 0.900 bits per heavy atom. The Morgan fingerprint density at radius 3 is 2.14 bits per heavy atom. The van der Waals surface area contributed by atoms with E-state index >= 15 is 0 Å². The molecular formula is C39H53N5O5S. The number of ether oxygens (including phenoxy) is 3. The molecule has 0 saturated heterocycles. The molecule has 0 fully saturated rings. The van der Waals surface area contributed by atoms with E-state index in [9.17, 15) is 9.83 Å². The Bertz CT molecular complexity index is 1940. The van der Waals surface area contributed by atoms with Crippen molar-refractivity contribution in [1.29, 1.82) is 0 Å². The fraction of sp³-hybridized carbons (Fsp3) is 0.487. The molecule has 1 atom stereocenters. The van der Waals surface area contributed by atoms with E-state index in [0.717, 1.165) is 17.5 Å². The van der Waals surface area contributed by atoms with Crippen molar-refractivity contribution in [2.75, 3.05) is 11.3 Å². The molecule has 0 bridgehead atoms. The smallest absolute Gasteiger partial charge is 0.263 e. The number of aromatic nitrogens is 4. The quantitative estimate of drug-likeness (QED) is 0.137. The first-order valence-electron chi connectivity index (χ1n) is 17.7. The number of aryl methyl sites for hydroxylation is 2. The molecule has 4 rings (SSSR count). The summed E-state index contributed by atoms with van der Waals surface area (Å²) in [6.45, 7) is 24.9. The molecule has 0 aliphatic carbocycles. The van der Waals surface area contributed by atoms with Gasteiger partial charge in [0.05, 0.1) is 17.6 Å². The third-order valence-electron chi connectivity index (χ3n) is 8.85. The lowest BCUT2D eigenvalue weighted by Gasteiger charge is -2.49. The van der Waals surface area contributed by atoms with Gasteiger partial charge in [0.15, 0.2) is 24.6 Å². The predicted octanol–water partition coefficient (Wildman–Crippen LogP) is 9.32. The molecule has 0 amide bonds. The summed E-state index contributed by atoms with van der Waals surface area (Å²) in [5.74, 6) is 0.544. The first-order valence-corrected chi connectivity index (χ1v) is 18.7. The summed E-state index contributed by atoms with van der Waals surface area (Å²) >= 11 is 0. The van der Waals surface area contributed by atoms with E-state index in [4.69, 9.17) is 14.2 Å². The Kier molecular flexibility index (Phi) is 11.3. The van der Waals surface area contributed by atoms with Crippen LogP contribution in [0, 0.1) is 31.1 Å². The van der Waals surface area contributed by atoms with Gasteiger partial charge in [-0.05, 0) is 92.8 Å². The van der Waals surface area contributed by atoms with Crippen LogP contribution in [0.5, 0.6) is 23.1 Å². The molecule has 11 heteroatoms. The Labute approximate surface area is 300 Å². The molecule has 0 radical (unpaired) electrons. The lowest BCUT2D eigenvalue weighted by atomic mass is 9.55. The van der Waals surface area contributed by atoms with Crippen LogP contribution < -0.4 is 18.9 Å². The van der Waals surface area contributed by atoms with Gasteiger partial charge in [0.2, 0.25) is 11.6 Å². The molecular weight excluding hydrogens is 651 g/mol. The van der Waals surface area contributed by atoms with E-state index in [1.165, 1.54) is 0 Å². The highest BCUT2D eigenvalue weighted by Gasteiger charge is 2.45. The summed E-state index contributed by atoms with van der Waals surface area (Å²) < 4.78 is 57.1. The molecule has 2 heterocycles. The molecule has 0 saturated carbocycles. The number of rotatable bonds is 14. The number of nitrogens with zero attached hydrogens (tertiary/aromatic N) is 4. The van der Waals surface area contributed by atoms with Gasteiger partial charge in [0.1, 0.15) is 0 Å². The van der Waals surface area contributed by atoms with Crippen LogP contribution >= 0.6 is 0 Å². The maximum atomic E-state index is 14.5. The number of nitrogens with one attached hydrogen (secondary N) is 1. The number of hydrogen-bond donors (Lipinski definition) is 1. The molecule has 10 nitrogen and oxygen atoms in total. The molecule has 0 spiro atoms. The monoisotopic (exact) mass is 704 g/mol. The molecule has 1 unspecified atom stereocenters. The van der Waals surface area contributed by atoms with E-state index in [2.05, 4.69) is 61.5 Å². The van der Waals surface area contributed by atoms with Crippen LogP contribution in [0.2, 0.25) is 1.41 Å². The molecule has 50 heavy (non-hydrogen) atoms. The van der Waals surface area contributed by atoms with Gasteiger partial charge in [0, 0.05) is 17.3 Å². The van der Waals surface area contributed by atoms with E-state index in [1.54, 1.807) is 55.6 Å². The van der Waals surface area contributed by atoms with Gasteiger partial charge in [-0.2, -0.15) is 4.98 Å². The van der Waals surface area contributed by atoms with Crippen molar-refractivity contribution >= 4 is 15.8 Å². The average molecular weight is 705 g/mol. The largest absolute Gasteiger partial charge is 0.487 e. The first kappa shape index (κ1) is 37.0. The highest BCUT2D eigenvalue weighted by Crippen LogP contribution is 2.51. The number of hydrogen-bond acceptors (Lipinski definition) is 9. The van der Waals surface area contributed by atoms with Crippen molar-refractivity contribution in [2.24, 2.45) is 17.3 Å². The highest BCUT2D eigenvalue weighted by atomic mass is 32.2. The molecule has 4 aromatic rings. The maximum Gasteiger partial charge on any atom is 0.263 e. The molecule has 1 N–H and O–H groups in total. The second kappa shape index (κ2) is 15.3. The molecule has 2 aromatic heterocycles. The molecule has 0 aliphatic heterocycles. The molecule has 2 aromatic carbocycles. The van der Waals surface area contributed by atoms with Gasteiger partial charge < -0.3 is 14.2 Å². The minimum Gasteiger partial charge on any atom is -0.487 e. The number of sulfonamides is 1. The zero-order chi connectivity index (χ0) is 37.9. The van der Waals surface area contributed by atoms with Crippen molar-refractivity contribution in [3.05, 3.63) is 71.5 Å². The summed E-state index contributed by atoms with van der Waals surface area (Å²) in [7, 11) is -4.54. The van der Waals surface area contributed by atoms with Gasteiger partial charge >= 0.3 is 0 Å². The summed E-state index contributed by atoms with van der Waals surface area (Å²) in [4.78, 5) is 17.9. The van der Waals surface area contributed by atoms with Gasteiger partial charge in [-0.3, -0.25) is 4.72 Å². The van der Waals surface area contributed by atoms with Gasteiger partial charge in [0.25, 0.3) is 15.9 Å². The minimum absolute atomic E-state index is 0.0275. The maximum absolute atomic E-state index is 14.5. The van der Waals surface area contributed by atoms with Crippen LogP contribution in [-0.2, 0) is 15.4 Å². The van der Waals surface area contributed by atoms with Crippen molar-refractivity contribution in [3.63, 3.8) is 0 Å². The van der Waals surface area contributed by atoms with Crippen molar-refractivity contribution in [3.8, 4) is 34.8 Å². The van der Waals surface area contributed by atoms with Crippen molar-refractivity contribution in [2.45, 2.75) is 106 Å². The average Bonchev–Trinajstić information content (AvgIpc) is 3.04. The van der Waals surface area contributed by atoms with Crippen molar-refractivity contribution in [1.82, 2.24) is 19.9 Å². The third kappa shape index (κ3) is 8.37. The minimum atomic E-state index is -4.54. The van der Waals surface area contributed by atoms with E-state index in [0.29, 0.717) is 16.2 Å². The number of benzene rings is 2. The second-order valence-electron chi connectivity index (χ2n) is 14.7. The van der Waals surface area contributed by atoms with Crippen LogP contribution in [0.4, 0.5) is 5.82 Å².